The molecule has 0 spiro atoms. The molecular formula is C18H23N5O. The monoisotopic (exact) mass is 325 g/mol. The lowest BCUT2D eigenvalue weighted by molar-refractivity contribution is 0.0744. The zero-order valence-electron chi connectivity index (χ0n) is 13.9. The summed E-state index contributed by atoms with van der Waals surface area (Å²) >= 11 is 0. The van der Waals surface area contributed by atoms with E-state index in [1.54, 1.807) is 12.4 Å². The molecule has 1 amide bonds. The highest BCUT2D eigenvalue weighted by molar-refractivity contribution is 5.93. The SMILES string of the molecule is O=C(c1cccnc1)N1CCCn2cnc(CN3CCCC3)c2C1. The van der Waals surface area contributed by atoms with Crippen molar-refractivity contribution in [2.45, 2.75) is 38.9 Å². The standard InChI is InChI=1S/C18H23N5O/c24-18(15-5-3-6-19-11-15)22-9-4-10-23-14-20-16(17(23)13-22)12-21-7-1-2-8-21/h3,5-6,11,14H,1-2,4,7-10,12-13H2. The second-order valence-electron chi connectivity index (χ2n) is 6.64. The molecule has 126 valence electrons. The van der Waals surface area contributed by atoms with E-state index in [-0.39, 0.29) is 5.91 Å². The Bertz CT molecular complexity index is 705. The van der Waals surface area contributed by atoms with E-state index in [0.29, 0.717) is 12.1 Å². The summed E-state index contributed by atoms with van der Waals surface area (Å²) in [6, 6.07) is 3.65. The first kappa shape index (κ1) is 15.3. The van der Waals surface area contributed by atoms with Gasteiger partial charge in [0.25, 0.3) is 5.91 Å². The fourth-order valence-corrected chi connectivity index (χ4v) is 3.65. The average Bonchev–Trinajstić information content (AvgIpc) is 3.20. The number of imidazole rings is 1. The van der Waals surface area contributed by atoms with Gasteiger partial charge in [-0.25, -0.2) is 4.98 Å². The maximum Gasteiger partial charge on any atom is 0.255 e. The van der Waals surface area contributed by atoms with Gasteiger partial charge in [0.05, 0.1) is 29.8 Å². The molecule has 24 heavy (non-hydrogen) atoms. The molecule has 0 N–H and O–H groups in total. The van der Waals surface area contributed by atoms with E-state index in [2.05, 4.69) is 19.4 Å². The third-order valence-electron chi connectivity index (χ3n) is 4.97. The number of carbonyl (C=O) groups is 1. The number of hydrogen-bond acceptors (Lipinski definition) is 4. The highest BCUT2D eigenvalue weighted by atomic mass is 16.2. The molecule has 2 aromatic heterocycles. The maximum absolute atomic E-state index is 12.8. The van der Waals surface area contributed by atoms with Crippen LogP contribution in [-0.2, 0) is 19.6 Å². The Morgan fingerprint density at radius 1 is 1.12 bits per heavy atom. The first-order chi connectivity index (χ1) is 11.8. The number of rotatable bonds is 3. The van der Waals surface area contributed by atoms with E-state index in [0.717, 1.165) is 44.8 Å². The highest BCUT2D eigenvalue weighted by Gasteiger charge is 2.24. The molecule has 1 saturated heterocycles. The maximum atomic E-state index is 12.8. The van der Waals surface area contributed by atoms with Crippen LogP contribution in [0.5, 0.6) is 0 Å². The summed E-state index contributed by atoms with van der Waals surface area (Å²) in [5.74, 6) is 0.0601. The first-order valence-corrected chi connectivity index (χ1v) is 8.76. The number of carbonyl (C=O) groups excluding carboxylic acids is 1. The van der Waals surface area contributed by atoms with Crippen molar-refractivity contribution in [3.8, 4) is 0 Å². The van der Waals surface area contributed by atoms with Crippen LogP contribution in [0.3, 0.4) is 0 Å². The molecule has 0 bridgehead atoms. The van der Waals surface area contributed by atoms with Gasteiger partial charge >= 0.3 is 0 Å². The number of hydrogen-bond donors (Lipinski definition) is 0. The zero-order valence-corrected chi connectivity index (χ0v) is 13.9. The molecule has 6 nitrogen and oxygen atoms in total. The molecule has 2 aliphatic heterocycles. The summed E-state index contributed by atoms with van der Waals surface area (Å²) in [6.45, 7) is 5.56. The van der Waals surface area contributed by atoms with Crippen LogP contribution in [0, 0.1) is 0 Å². The first-order valence-electron chi connectivity index (χ1n) is 8.76. The molecule has 0 unspecified atom stereocenters. The number of likely N-dealkylation sites (tertiary alicyclic amines) is 1. The van der Waals surface area contributed by atoms with Crippen LogP contribution in [0.1, 0.15) is 41.0 Å². The lowest BCUT2D eigenvalue weighted by Gasteiger charge is -2.21. The highest BCUT2D eigenvalue weighted by Crippen LogP contribution is 2.20. The number of nitrogens with zero attached hydrogens (tertiary/aromatic N) is 5. The van der Waals surface area contributed by atoms with Gasteiger partial charge in [0.2, 0.25) is 0 Å². The van der Waals surface area contributed by atoms with Crippen molar-refractivity contribution in [2.24, 2.45) is 0 Å². The number of fused-ring (bicyclic) bond motifs is 1. The Hall–Kier alpha value is -2.21. The number of amides is 1. The minimum atomic E-state index is 0.0601. The van der Waals surface area contributed by atoms with Crippen molar-refractivity contribution >= 4 is 5.91 Å². The van der Waals surface area contributed by atoms with E-state index in [1.165, 1.54) is 18.5 Å². The predicted molar refractivity (Wildman–Crippen MR) is 90.3 cm³/mol. The number of aromatic nitrogens is 3. The number of aryl methyl sites for hydroxylation is 1. The molecule has 1 fully saturated rings. The van der Waals surface area contributed by atoms with Gasteiger partial charge in [-0.05, 0) is 44.5 Å². The smallest absolute Gasteiger partial charge is 0.255 e. The fourth-order valence-electron chi connectivity index (χ4n) is 3.65. The van der Waals surface area contributed by atoms with Crippen molar-refractivity contribution in [3.05, 3.63) is 47.8 Å². The van der Waals surface area contributed by atoms with Crippen LogP contribution < -0.4 is 0 Å². The summed E-state index contributed by atoms with van der Waals surface area (Å²) < 4.78 is 2.22. The van der Waals surface area contributed by atoms with Gasteiger partial charge in [-0.3, -0.25) is 14.7 Å². The van der Waals surface area contributed by atoms with E-state index < -0.39 is 0 Å². The van der Waals surface area contributed by atoms with Gasteiger partial charge in [0.1, 0.15) is 0 Å². The topological polar surface area (TPSA) is 54.3 Å². The molecule has 2 aliphatic rings. The Labute approximate surface area is 142 Å². The number of pyridine rings is 1. The van der Waals surface area contributed by atoms with Crippen LogP contribution in [0.2, 0.25) is 0 Å². The third-order valence-corrected chi connectivity index (χ3v) is 4.97. The molecule has 0 atom stereocenters. The van der Waals surface area contributed by atoms with Gasteiger partial charge in [0.15, 0.2) is 0 Å². The van der Waals surface area contributed by atoms with Crippen LogP contribution in [0.15, 0.2) is 30.9 Å². The van der Waals surface area contributed by atoms with Gasteiger partial charge in [0, 0.05) is 32.0 Å². The summed E-state index contributed by atoms with van der Waals surface area (Å²) in [4.78, 5) is 25.9. The van der Waals surface area contributed by atoms with Gasteiger partial charge in [-0.15, -0.1) is 0 Å². The van der Waals surface area contributed by atoms with E-state index in [4.69, 9.17) is 0 Å². The second kappa shape index (κ2) is 6.73. The minimum absolute atomic E-state index is 0.0601. The Morgan fingerprint density at radius 3 is 2.79 bits per heavy atom. The molecule has 2 aromatic rings. The Morgan fingerprint density at radius 2 is 2.00 bits per heavy atom. The lowest BCUT2D eigenvalue weighted by atomic mass is 10.2. The largest absolute Gasteiger partial charge is 0.333 e. The van der Waals surface area contributed by atoms with Gasteiger partial charge in [-0.1, -0.05) is 0 Å². The van der Waals surface area contributed by atoms with Crippen LogP contribution in [-0.4, -0.2) is 49.9 Å². The second-order valence-corrected chi connectivity index (χ2v) is 6.64. The van der Waals surface area contributed by atoms with Crippen LogP contribution in [0.25, 0.3) is 0 Å². The molecule has 6 heteroatoms. The fraction of sp³-hybridized carbons (Fsp3) is 0.500. The summed E-state index contributed by atoms with van der Waals surface area (Å²) in [6.07, 6.45) is 8.80. The zero-order chi connectivity index (χ0) is 16.4. The van der Waals surface area contributed by atoms with E-state index in [1.807, 2.05) is 23.4 Å². The summed E-state index contributed by atoms with van der Waals surface area (Å²) in [5.41, 5.74) is 2.98. The normalized spacial score (nSPS) is 18.4. The van der Waals surface area contributed by atoms with Gasteiger partial charge < -0.3 is 9.47 Å². The van der Waals surface area contributed by atoms with Gasteiger partial charge in [-0.2, -0.15) is 0 Å². The quantitative estimate of drug-likeness (QED) is 0.865. The molecule has 0 radical (unpaired) electrons. The summed E-state index contributed by atoms with van der Waals surface area (Å²) in [7, 11) is 0. The van der Waals surface area contributed by atoms with Crippen molar-refractivity contribution in [3.63, 3.8) is 0 Å². The van der Waals surface area contributed by atoms with Crippen molar-refractivity contribution in [2.75, 3.05) is 19.6 Å². The van der Waals surface area contributed by atoms with Crippen molar-refractivity contribution in [1.29, 1.82) is 0 Å². The van der Waals surface area contributed by atoms with Crippen molar-refractivity contribution in [1.82, 2.24) is 24.3 Å². The van der Waals surface area contributed by atoms with Crippen LogP contribution >= 0.6 is 0 Å². The van der Waals surface area contributed by atoms with Crippen LogP contribution in [0.4, 0.5) is 0 Å². The third kappa shape index (κ3) is 3.06. The molecule has 4 rings (SSSR count). The molecule has 0 saturated carbocycles. The van der Waals surface area contributed by atoms with Crippen molar-refractivity contribution < 1.29 is 4.79 Å². The Balaban J connectivity index is 1.55. The van der Waals surface area contributed by atoms with E-state index >= 15 is 0 Å². The molecular weight excluding hydrogens is 302 g/mol. The molecule has 4 heterocycles. The summed E-state index contributed by atoms with van der Waals surface area (Å²) in [5, 5.41) is 0. The van der Waals surface area contributed by atoms with E-state index in [9.17, 15) is 4.79 Å². The molecule has 0 aliphatic carbocycles. The Kier molecular flexibility index (Phi) is 4.30. The predicted octanol–water partition coefficient (Wildman–Crippen LogP) is 1.92. The molecule has 0 aromatic carbocycles. The average molecular weight is 325 g/mol. The lowest BCUT2D eigenvalue weighted by Crippen LogP contribution is -2.31. The minimum Gasteiger partial charge on any atom is -0.333 e.